The number of H-pyrrole nitrogens is 1. The molecule has 2 aromatic heterocycles. The van der Waals surface area contributed by atoms with Gasteiger partial charge in [0.25, 0.3) is 5.56 Å². The average molecular weight is 229 g/mol. The summed E-state index contributed by atoms with van der Waals surface area (Å²) in [6.07, 6.45) is 0.699. The van der Waals surface area contributed by atoms with Crippen LogP contribution in [0.4, 0.5) is 5.82 Å². The molecule has 0 aromatic carbocycles. The van der Waals surface area contributed by atoms with E-state index >= 15 is 0 Å². The largest absolute Gasteiger partial charge is 0.384 e. The molecule has 17 heavy (non-hydrogen) atoms. The van der Waals surface area contributed by atoms with Crippen LogP contribution in [-0.2, 0) is 6.42 Å². The van der Waals surface area contributed by atoms with Crippen LogP contribution in [0.5, 0.6) is 0 Å². The van der Waals surface area contributed by atoms with Crippen molar-refractivity contribution < 1.29 is 0 Å². The maximum atomic E-state index is 11.6. The van der Waals surface area contributed by atoms with Gasteiger partial charge in [0.15, 0.2) is 0 Å². The smallest absolute Gasteiger partial charge is 0.251 e. The number of hydrogen-bond acceptors (Lipinski definition) is 3. The summed E-state index contributed by atoms with van der Waals surface area (Å²) in [5.74, 6) is 0.478. The van der Waals surface area contributed by atoms with Crippen molar-refractivity contribution in [3.63, 3.8) is 0 Å². The molecule has 0 saturated heterocycles. The van der Waals surface area contributed by atoms with Crippen LogP contribution in [0.25, 0.3) is 11.3 Å². The highest BCUT2D eigenvalue weighted by Gasteiger charge is 2.07. The molecule has 0 atom stereocenters. The molecule has 2 rings (SSSR count). The molecule has 4 nitrogen and oxygen atoms in total. The Hall–Kier alpha value is -2.10. The molecule has 0 saturated carbocycles. The number of hydrogen-bond donors (Lipinski definition) is 2. The summed E-state index contributed by atoms with van der Waals surface area (Å²) in [7, 11) is 0. The molecule has 0 amide bonds. The molecule has 0 bridgehead atoms. The lowest BCUT2D eigenvalue weighted by Crippen LogP contribution is -2.13. The van der Waals surface area contributed by atoms with E-state index in [9.17, 15) is 4.79 Å². The fourth-order valence-electron chi connectivity index (χ4n) is 1.80. The SMILES string of the molecule is CCc1cc(-c2cccc(N)n2)c(C)[nH]c1=O. The number of aromatic amines is 1. The molecule has 0 fully saturated rings. The first-order valence-electron chi connectivity index (χ1n) is 5.57. The third kappa shape index (κ3) is 2.20. The van der Waals surface area contributed by atoms with Gasteiger partial charge in [0, 0.05) is 16.8 Å². The predicted octanol–water partition coefficient (Wildman–Crippen LogP) is 1.89. The quantitative estimate of drug-likeness (QED) is 0.826. The Labute approximate surface area is 99.5 Å². The van der Waals surface area contributed by atoms with Crippen molar-refractivity contribution in [2.24, 2.45) is 0 Å². The highest BCUT2D eigenvalue weighted by atomic mass is 16.1. The van der Waals surface area contributed by atoms with Gasteiger partial charge in [-0.3, -0.25) is 4.79 Å². The predicted molar refractivity (Wildman–Crippen MR) is 68.8 cm³/mol. The summed E-state index contributed by atoms with van der Waals surface area (Å²) < 4.78 is 0. The van der Waals surface area contributed by atoms with Gasteiger partial charge in [-0.2, -0.15) is 0 Å². The van der Waals surface area contributed by atoms with E-state index in [0.29, 0.717) is 12.2 Å². The van der Waals surface area contributed by atoms with Crippen molar-refractivity contribution >= 4 is 5.82 Å². The second-order valence-electron chi connectivity index (χ2n) is 3.96. The standard InChI is InChI=1S/C13H15N3O/c1-3-9-7-10(8(2)15-13(9)17)11-5-4-6-12(14)16-11/h4-7H,3H2,1-2H3,(H2,14,16)(H,15,17). The number of nitrogens with one attached hydrogen (secondary N) is 1. The number of aromatic nitrogens is 2. The van der Waals surface area contributed by atoms with Gasteiger partial charge in [-0.05, 0) is 31.5 Å². The highest BCUT2D eigenvalue weighted by Crippen LogP contribution is 2.20. The molecule has 0 radical (unpaired) electrons. The van der Waals surface area contributed by atoms with E-state index < -0.39 is 0 Å². The fourth-order valence-corrected chi connectivity index (χ4v) is 1.80. The number of rotatable bonds is 2. The Morgan fingerprint density at radius 3 is 2.82 bits per heavy atom. The third-order valence-electron chi connectivity index (χ3n) is 2.74. The lowest BCUT2D eigenvalue weighted by atomic mass is 10.1. The zero-order chi connectivity index (χ0) is 12.4. The number of nitrogen functional groups attached to an aromatic ring is 1. The van der Waals surface area contributed by atoms with Crippen LogP contribution in [0.2, 0.25) is 0 Å². The molecule has 0 unspecified atom stereocenters. The van der Waals surface area contributed by atoms with Crippen LogP contribution < -0.4 is 11.3 Å². The van der Waals surface area contributed by atoms with E-state index in [1.54, 1.807) is 6.07 Å². The molecule has 4 heteroatoms. The number of pyridine rings is 2. The maximum absolute atomic E-state index is 11.6. The lowest BCUT2D eigenvalue weighted by Gasteiger charge is -2.07. The van der Waals surface area contributed by atoms with E-state index in [2.05, 4.69) is 9.97 Å². The fraction of sp³-hybridized carbons (Fsp3) is 0.231. The molecule has 3 N–H and O–H groups in total. The monoisotopic (exact) mass is 229 g/mol. The Morgan fingerprint density at radius 1 is 1.41 bits per heavy atom. The van der Waals surface area contributed by atoms with Gasteiger partial charge >= 0.3 is 0 Å². The molecule has 88 valence electrons. The maximum Gasteiger partial charge on any atom is 0.251 e. The van der Waals surface area contributed by atoms with E-state index in [-0.39, 0.29) is 5.56 Å². The van der Waals surface area contributed by atoms with E-state index in [1.807, 2.05) is 32.0 Å². The van der Waals surface area contributed by atoms with Gasteiger partial charge in [0.05, 0.1) is 5.69 Å². The van der Waals surface area contributed by atoms with E-state index in [1.165, 1.54) is 0 Å². The first-order valence-corrected chi connectivity index (χ1v) is 5.57. The summed E-state index contributed by atoms with van der Waals surface area (Å²) in [5, 5.41) is 0. The van der Waals surface area contributed by atoms with Gasteiger partial charge in [0.1, 0.15) is 5.82 Å². The molecule has 2 aromatic rings. The molecule has 0 aliphatic rings. The van der Waals surface area contributed by atoms with Crippen molar-refractivity contribution in [2.75, 3.05) is 5.73 Å². The minimum absolute atomic E-state index is 0.0300. The Morgan fingerprint density at radius 2 is 2.18 bits per heavy atom. The van der Waals surface area contributed by atoms with E-state index in [0.717, 1.165) is 22.5 Å². The third-order valence-corrected chi connectivity index (χ3v) is 2.74. The number of anilines is 1. The normalized spacial score (nSPS) is 10.5. The number of nitrogens with two attached hydrogens (primary N) is 1. The van der Waals surface area contributed by atoms with Crippen LogP contribution in [0.1, 0.15) is 18.2 Å². The topological polar surface area (TPSA) is 71.8 Å². The van der Waals surface area contributed by atoms with Crippen LogP contribution in [0.3, 0.4) is 0 Å². The first-order chi connectivity index (χ1) is 8.11. The van der Waals surface area contributed by atoms with Gasteiger partial charge < -0.3 is 10.7 Å². The Kier molecular flexibility index (Phi) is 2.95. The molecular formula is C13H15N3O. The van der Waals surface area contributed by atoms with Gasteiger partial charge in [-0.15, -0.1) is 0 Å². The second kappa shape index (κ2) is 4.41. The lowest BCUT2D eigenvalue weighted by molar-refractivity contribution is 1.03. The Bertz CT molecular complexity index is 602. The minimum Gasteiger partial charge on any atom is -0.384 e. The molecule has 0 aliphatic heterocycles. The molecular weight excluding hydrogens is 214 g/mol. The minimum atomic E-state index is -0.0300. The van der Waals surface area contributed by atoms with Crippen molar-refractivity contribution in [1.29, 1.82) is 0 Å². The summed E-state index contributed by atoms with van der Waals surface area (Å²) in [5.41, 5.74) is 8.91. The van der Waals surface area contributed by atoms with Crippen molar-refractivity contribution in [3.8, 4) is 11.3 Å². The summed E-state index contributed by atoms with van der Waals surface area (Å²) >= 11 is 0. The van der Waals surface area contributed by atoms with Crippen LogP contribution in [-0.4, -0.2) is 9.97 Å². The number of aryl methyl sites for hydroxylation is 2. The zero-order valence-corrected chi connectivity index (χ0v) is 9.95. The van der Waals surface area contributed by atoms with E-state index in [4.69, 9.17) is 5.73 Å². The van der Waals surface area contributed by atoms with Gasteiger partial charge in [0.2, 0.25) is 0 Å². The average Bonchev–Trinajstić information content (AvgIpc) is 2.29. The van der Waals surface area contributed by atoms with Crippen molar-refractivity contribution in [2.45, 2.75) is 20.3 Å². The van der Waals surface area contributed by atoms with Crippen LogP contribution in [0.15, 0.2) is 29.1 Å². The van der Waals surface area contributed by atoms with Gasteiger partial charge in [-0.25, -0.2) is 4.98 Å². The molecule has 0 spiro atoms. The summed E-state index contributed by atoms with van der Waals surface area (Å²) in [4.78, 5) is 18.7. The number of nitrogens with zero attached hydrogens (tertiary/aromatic N) is 1. The zero-order valence-electron chi connectivity index (χ0n) is 9.95. The van der Waals surface area contributed by atoms with Crippen LogP contribution >= 0.6 is 0 Å². The molecule has 2 heterocycles. The Balaban J connectivity index is 2.63. The summed E-state index contributed by atoms with van der Waals surface area (Å²) in [6.45, 7) is 3.82. The summed E-state index contributed by atoms with van der Waals surface area (Å²) in [6, 6.07) is 7.37. The van der Waals surface area contributed by atoms with Gasteiger partial charge in [-0.1, -0.05) is 13.0 Å². The first kappa shape index (κ1) is 11.4. The highest BCUT2D eigenvalue weighted by molar-refractivity contribution is 5.63. The van der Waals surface area contributed by atoms with Crippen molar-refractivity contribution in [1.82, 2.24) is 9.97 Å². The van der Waals surface area contributed by atoms with Crippen LogP contribution in [0, 0.1) is 6.92 Å². The molecule has 0 aliphatic carbocycles. The second-order valence-corrected chi connectivity index (χ2v) is 3.96. The van der Waals surface area contributed by atoms with Crippen molar-refractivity contribution in [3.05, 3.63) is 45.9 Å².